The van der Waals surface area contributed by atoms with E-state index in [2.05, 4.69) is 5.32 Å². The van der Waals surface area contributed by atoms with Gasteiger partial charge in [-0.15, -0.1) is 0 Å². The van der Waals surface area contributed by atoms with Crippen LogP contribution in [-0.2, 0) is 9.59 Å². The number of hydrogen-bond acceptors (Lipinski definition) is 4. The van der Waals surface area contributed by atoms with Crippen LogP contribution in [0.1, 0.15) is 33.6 Å². The minimum Gasteiger partial charge on any atom is -0.550 e. The normalized spacial score (nSPS) is 27.3. The summed E-state index contributed by atoms with van der Waals surface area (Å²) in [5, 5.41) is 14.3. The second kappa shape index (κ2) is 5.06. The lowest BCUT2D eigenvalue weighted by molar-refractivity contribution is -0.323. The van der Waals surface area contributed by atoms with Gasteiger partial charge in [-0.25, -0.2) is 0 Å². The SMILES string of the molecule is CC1(C)[C@H](C(=O)Nc2ccccc2N)CC[C@]1(C)C(=O)[O-]. The summed E-state index contributed by atoms with van der Waals surface area (Å²) in [4.78, 5) is 24.0. The van der Waals surface area contributed by atoms with Crippen LogP contribution >= 0.6 is 0 Å². The number of aliphatic carboxylic acids is 1. The van der Waals surface area contributed by atoms with E-state index in [9.17, 15) is 14.7 Å². The van der Waals surface area contributed by atoms with Crippen LogP contribution < -0.4 is 16.2 Å². The molecule has 0 aromatic heterocycles. The quantitative estimate of drug-likeness (QED) is 0.822. The number of carboxylic acids is 1. The van der Waals surface area contributed by atoms with Crippen molar-refractivity contribution in [1.29, 1.82) is 0 Å². The first-order valence-electron chi connectivity index (χ1n) is 7.07. The minimum absolute atomic E-state index is 0.192. The molecule has 5 nitrogen and oxygen atoms in total. The molecule has 0 heterocycles. The Morgan fingerprint density at radius 3 is 2.43 bits per heavy atom. The zero-order valence-corrected chi connectivity index (χ0v) is 12.6. The number of carbonyl (C=O) groups excluding carboxylic acids is 2. The number of anilines is 2. The molecule has 5 heteroatoms. The van der Waals surface area contributed by atoms with Crippen molar-refractivity contribution in [1.82, 2.24) is 0 Å². The average molecular weight is 289 g/mol. The Morgan fingerprint density at radius 2 is 1.90 bits per heavy atom. The number of hydrogen-bond donors (Lipinski definition) is 2. The molecule has 0 radical (unpaired) electrons. The smallest absolute Gasteiger partial charge is 0.228 e. The molecule has 3 N–H and O–H groups in total. The Morgan fingerprint density at radius 1 is 1.29 bits per heavy atom. The summed E-state index contributed by atoms with van der Waals surface area (Å²) in [5.41, 5.74) is 5.18. The maximum Gasteiger partial charge on any atom is 0.228 e. The maximum atomic E-state index is 12.5. The third kappa shape index (κ3) is 2.37. The number of nitrogen functional groups attached to an aromatic ring is 1. The second-order valence-electron chi connectivity index (χ2n) is 6.51. The zero-order chi connectivity index (χ0) is 15.8. The Balaban J connectivity index is 2.22. The number of nitrogens with one attached hydrogen (secondary N) is 1. The van der Waals surface area contributed by atoms with Gasteiger partial charge in [-0.2, -0.15) is 0 Å². The number of rotatable bonds is 3. The lowest BCUT2D eigenvalue weighted by Gasteiger charge is -2.41. The molecule has 1 amide bonds. The Kier molecular flexibility index (Phi) is 3.70. The van der Waals surface area contributed by atoms with Crippen molar-refractivity contribution >= 4 is 23.3 Å². The van der Waals surface area contributed by atoms with Crippen molar-refractivity contribution in [2.75, 3.05) is 11.1 Å². The molecule has 2 rings (SSSR count). The number of para-hydroxylation sites is 2. The van der Waals surface area contributed by atoms with E-state index in [-0.39, 0.29) is 11.8 Å². The Labute approximate surface area is 124 Å². The van der Waals surface area contributed by atoms with Gasteiger partial charge in [0.05, 0.1) is 11.4 Å². The minimum atomic E-state index is -1.10. The number of amides is 1. The summed E-state index contributed by atoms with van der Waals surface area (Å²) >= 11 is 0. The molecular formula is C16H21N2O3-. The summed E-state index contributed by atoms with van der Waals surface area (Å²) in [6.07, 6.45) is 0.959. The van der Waals surface area contributed by atoms with Gasteiger partial charge in [-0.1, -0.05) is 32.9 Å². The van der Waals surface area contributed by atoms with Crippen LogP contribution in [0.2, 0.25) is 0 Å². The summed E-state index contributed by atoms with van der Waals surface area (Å²) in [6, 6.07) is 7.02. The first-order valence-corrected chi connectivity index (χ1v) is 7.07. The summed E-state index contributed by atoms with van der Waals surface area (Å²) in [5.74, 6) is -1.68. The molecule has 1 aromatic carbocycles. The Hall–Kier alpha value is -2.04. The molecule has 0 bridgehead atoms. The molecule has 114 valence electrons. The molecular weight excluding hydrogens is 268 g/mol. The molecule has 1 fully saturated rings. The van der Waals surface area contributed by atoms with Crippen molar-refractivity contribution in [3.8, 4) is 0 Å². The third-order valence-corrected chi connectivity index (χ3v) is 5.21. The number of nitrogens with two attached hydrogens (primary N) is 1. The lowest BCUT2D eigenvalue weighted by atomic mass is 9.65. The van der Waals surface area contributed by atoms with Crippen molar-refractivity contribution in [2.45, 2.75) is 33.6 Å². The van der Waals surface area contributed by atoms with E-state index in [0.717, 1.165) is 0 Å². The molecule has 0 saturated heterocycles. The lowest BCUT2D eigenvalue weighted by Crippen LogP contribution is -2.49. The summed E-state index contributed by atoms with van der Waals surface area (Å²) < 4.78 is 0. The van der Waals surface area contributed by atoms with Crippen molar-refractivity contribution in [3.63, 3.8) is 0 Å². The van der Waals surface area contributed by atoms with Gasteiger partial charge >= 0.3 is 0 Å². The molecule has 0 unspecified atom stereocenters. The monoisotopic (exact) mass is 289 g/mol. The molecule has 21 heavy (non-hydrogen) atoms. The summed E-state index contributed by atoms with van der Waals surface area (Å²) in [6.45, 7) is 5.29. The highest BCUT2D eigenvalue weighted by Gasteiger charge is 2.54. The third-order valence-electron chi connectivity index (χ3n) is 5.21. The first kappa shape index (κ1) is 15.4. The van der Waals surface area contributed by atoms with Crippen molar-refractivity contribution < 1.29 is 14.7 Å². The number of carboxylic acid groups (broad SMARTS) is 1. The fourth-order valence-electron chi connectivity index (χ4n) is 3.16. The number of benzene rings is 1. The van der Waals surface area contributed by atoms with Crippen LogP contribution in [0.4, 0.5) is 11.4 Å². The van der Waals surface area contributed by atoms with Crippen LogP contribution in [-0.4, -0.2) is 11.9 Å². The fourth-order valence-corrected chi connectivity index (χ4v) is 3.16. The van der Waals surface area contributed by atoms with Gasteiger partial charge < -0.3 is 21.0 Å². The molecule has 1 aliphatic carbocycles. The molecule has 1 saturated carbocycles. The predicted octanol–water partition coefficient (Wildman–Crippen LogP) is 1.40. The van der Waals surface area contributed by atoms with Crippen LogP contribution in [0, 0.1) is 16.7 Å². The van der Waals surface area contributed by atoms with E-state index >= 15 is 0 Å². The molecule has 1 aromatic rings. The van der Waals surface area contributed by atoms with Gasteiger partial charge in [0, 0.05) is 17.3 Å². The molecule has 0 spiro atoms. The average Bonchev–Trinajstić information content (AvgIpc) is 2.64. The standard InChI is InChI=1S/C16H22N2O3/c1-15(2)10(8-9-16(15,3)14(20)21)13(19)18-12-7-5-4-6-11(12)17/h4-7,10H,8-9,17H2,1-3H3,(H,18,19)(H,20,21)/p-1/t10-,16+/m0/s1. The van der Waals surface area contributed by atoms with E-state index in [4.69, 9.17) is 5.73 Å². The van der Waals surface area contributed by atoms with Crippen molar-refractivity contribution in [3.05, 3.63) is 24.3 Å². The molecule has 2 atom stereocenters. The van der Waals surface area contributed by atoms with E-state index < -0.39 is 16.8 Å². The highest BCUT2D eigenvalue weighted by atomic mass is 16.4. The van der Waals surface area contributed by atoms with Gasteiger partial charge in [0.2, 0.25) is 5.91 Å². The summed E-state index contributed by atoms with van der Waals surface area (Å²) in [7, 11) is 0. The van der Waals surface area contributed by atoms with Gasteiger partial charge in [-0.3, -0.25) is 4.79 Å². The van der Waals surface area contributed by atoms with Crippen LogP contribution in [0.3, 0.4) is 0 Å². The van der Waals surface area contributed by atoms with Gasteiger partial charge in [0.1, 0.15) is 0 Å². The van der Waals surface area contributed by atoms with E-state index in [1.165, 1.54) is 0 Å². The van der Waals surface area contributed by atoms with Crippen LogP contribution in [0.15, 0.2) is 24.3 Å². The topological polar surface area (TPSA) is 95.2 Å². The fraction of sp³-hybridized carbons (Fsp3) is 0.500. The van der Waals surface area contributed by atoms with Gasteiger partial charge in [-0.05, 0) is 30.4 Å². The first-order chi connectivity index (χ1) is 9.70. The number of carbonyl (C=O) groups is 2. The van der Waals surface area contributed by atoms with Gasteiger partial charge in [0.25, 0.3) is 0 Å². The van der Waals surface area contributed by atoms with Gasteiger partial charge in [0.15, 0.2) is 0 Å². The van der Waals surface area contributed by atoms with Crippen molar-refractivity contribution in [2.24, 2.45) is 16.7 Å². The van der Waals surface area contributed by atoms with E-state index in [0.29, 0.717) is 24.2 Å². The highest BCUT2D eigenvalue weighted by Crippen LogP contribution is 2.55. The molecule has 1 aliphatic rings. The Bertz CT molecular complexity index is 583. The zero-order valence-electron chi connectivity index (χ0n) is 12.6. The van der Waals surface area contributed by atoms with E-state index in [1.807, 2.05) is 13.8 Å². The van der Waals surface area contributed by atoms with E-state index in [1.54, 1.807) is 31.2 Å². The van der Waals surface area contributed by atoms with Crippen LogP contribution in [0.5, 0.6) is 0 Å². The maximum absolute atomic E-state index is 12.5. The van der Waals surface area contributed by atoms with Crippen LogP contribution in [0.25, 0.3) is 0 Å². The highest BCUT2D eigenvalue weighted by molar-refractivity contribution is 5.96. The second-order valence-corrected chi connectivity index (χ2v) is 6.51. The largest absolute Gasteiger partial charge is 0.550 e. The molecule has 0 aliphatic heterocycles. The predicted molar refractivity (Wildman–Crippen MR) is 79.1 cm³/mol.